The van der Waals surface area contributed by atoms with Gasteiger partial charge in [-0.3, -0.25) is 4.79 Å². The third kappa shape index (κ3) is 6.55. The summed E-state index contributed by atoms with van der Waals surface area (Å²) in [4.78, 5) is 23.7. The first kappa shape index (κ1) is 19.4. The summed E-state index contributed by atoms with van der Waals surface area (Å²) in [5, 5.41) is 8.32. The smallest absolute Gasteiger partial charge is 0.315 e. The van der Waals surface area contributed by atoms with Crippen molar-refractivity contribution >= 4 is 11.9 Å². The molecule has 26 heavy (non-hydrogen) atoms. The molecule has 0 saturated carbocycles. The van der Waals surface area contributed by atoms with E-state index in [9.17, 15) is 14.0 Å². The monoisotopic (exact) mass is 357 g/mol. The second kappa shape index (κ2) is 9.56. The molecule has 0 aliphatic heterocycles. The number of hydrogen-bond acceptors (Lipinski definition) is 2. The molecule has 0 aliphatic carbocycles. The molecule has 0 aliphatic rings. The van der Waals surface area contributed by atoms with E-state index < -0.39 is 0 Å². The van der Waals surface area contributed by atoms with Crippen LogP contribution in [-0.4, -0.2) is 24.5 Å². The predicted molar refractivity (Wildman–Crippen MR) is 99.4 cm³/mol. The Hall–Kier alpha value is -2.89. The third-order valence-electron chi connectivity index (χ3n) is 3.68. The molecular formula is C20H24FN3O2. The highest BCUT2D eigenvalue weighted by molar-refractivity contribution is 5.94. The van der Waals surface area contributed by atoms with Crippen LogP contribution in [0.3, 0.4) is 0 Å². The van der Waals surface area contributed by atoms with Crippen molar-refractivity contribution in [2.45, 2.75) is 32.9 Å². The maximum Gasteiger partial charge on any atom is 0.315 e. The second-order valence-electron chi connectivity index (χ2n) is 6.31. The molecule has 0 unspecified atom stereocenters. The van der Waals surface area contributed by atoms with E-state index in [1.807, 2.05) is 19.9 Å². The topological polar surface area (TPSA) is 70.2 Å². The van der Waals surface area contributed by atoms with Crippen LogP contribution >= 0.6 is 0 Å². The molecule has 5 nitrogen and oxygen atoms in total. The summed E-state index contributed by atoms with van der Waals surface area (Å²) >= 11 is 0. The lowest BCUT2D eigenvalue weighted by Crippen LogP contribution is -2.39. The van der Waals surface area contributed by atoms with Crippen molar-refractivity contribution in [2.24, 2.45) is 0 Å². The fourth-order valence-electron chi connectivity index (χ4n) is 2.38. The van der Waals surface area contributed by atoms with Crippen LogP contribution in [0, 0.1) is 5.82 Å². The Kier molecular flexibility index (Phi) is 7.14. The van der Waals surface area contributed by atoms with Crippen molar-refractivity contribution in [2.75, 3.05) is 6.54 Å². The summed E-state index contributed by atoms with van der Waals surface area (Å²) < 4.78 is 13.1. The fourth-order valence-corrected chi connectivity index (χ4v) is 2.38. The Morgan fingerprint density at radius 1 is 1.00 bits per heavy atom. The molecule has 0 bridgehead atoms. The first-order valence-corrected chi connectivity index (χ1v) is 8.60. The number of nitrogens with one attached hydrogen (secondary N) is 3. The standard InChI is InChI=1S/C20H24FN3O2/c1-14(2)24-20(26)23-13-16-6-8-17(9-7-16)19(25)22-11-10-15-4-3-5-18(21)12-15/h3-9,12,14H,10-11,13H2,1-2H3,(H,22,25)(H2,23,24,26). The van der Waals surface area contributed by atoms with Crippen LogP contribution in [0.4, 0.5) is 9.18 Å². The lowest BCUT2D eigenvalue weighted by molar-refractivity contribution is 0.0954. The third-order valence-corrected chi connectivity index (χ3v) is 3.68. The first-order valence-electron chi connectivity index (χ1n) is 8.60. The molecule has 2 aromatic rings. The van der Waals surface area contributed by atoms with Gasteiger partial charge in [-0.25, -0.2) is 9.18 Å². The lowest BCUT2D eigenvalue weighted by Gasteiger charge is -2.10. The van der Waals surface area contributed by atoms with Crippen molar-refractivity contribution in [3.63, 3.8) is 0 Å². The summed E-state index contributed by atoms with van der Waals surface area (Å²) in [5.41, 5.74) is 2.28. The van der Waals surface area contributed by atoms with Crippen molar-refractivity contribution in [3.05, 3.63) is 71.0 Å². The number of urea groups is 1. The number of rotatable bonds is 7. The van der Waals surface area contributed by atoms with Gasteiger partial charge < -0.3 is 16.0 Å². The molecule has 6 heteroatoms. The largest absolute Gasteiger partial charge is 0.352 e. The minimum atomic E-state index is -0.278. The van der Waals surface area contributed by atoms with Gasteiger partial charge in [-0.05, 0) is 55.7 Å². The number of amides is 3. The molecule has 0 radical (unpaired) electrons. The zero-order chi connectivity index (χ0) is 18.9. The molecule has 138 valence electrons. The molecule has 2 aromatic carbocycles. The van der Waals surface area contributed by atoms with Crippen LogP contribution in [0.2, 0.25) is 0 Å². The maximum atomic E-state index is 13.1. The van der Waals surface area contributed by atoms with Crippen LogP contribution < -0.4 is 16.0 Å². The maximum absolute atomic E-state index is 13.1. The fraction of sp³-hybridized carbons (Fsp3) is 0.300. The Morgan fingerprint density at radius 3 is 2.38 bits per heavy atom. The molecule has 0 heterocycles. The van der Waals surface area contributed by atoms with Gasteiger partial charge in [0, 0.05) is 24.7 Å². The predicted octanol–water partition coefficient (Wildman–Crippen LogP) is 3.01. The van der Waals surface area contributed by atoms with Gasteiger partial charge in [0.1, 0.15) is 5.82 Å². The number of hydrogen-bond donors (Lipinski definition) is 3. The van der Waals surface area contributed by atoms with Crippen molar-refractivity contribution in [1.82, 2.24) is 16.0 Å². The van der Waals surface area contributed by atoms with Gasteiger partial charge >= 0.3 is 6.03 Å². The summed E-state index contributed by atoms with van der Waals surface area (Å²) in [6.07, 6.45) is 0.566. The van der Waals surface area contributed by atoms with Crippen molar-refractivity contribution in [1.29, 1.82) is 0 Å². The zero-order valence-corrected chi connectivity index (χ0v) is 15.0. The molecule has 0 saturated heterocycles. The van der Waals surface area contributed by atoms with Crippen LogP contribution in [0.1, 0.15) is 35.3 Å². The summed E-state index contributed by atoms with van der Waals surface area (Å²) in [7, 11) is 0. The quantitative estimate of drug-likeness (QED) is 0.713. The van der Waals surface area contributed by atoms with E-state index in [-0.39, 0.29) is 23.8 Å². The minimum Gasteiger partial charge on any atom is -0.352 e. The van der Waals surface area contributed by atoms with Gasteiger partial charge in [-0.15, -0.1) is 0 Å². The number of carbonyl (C=O) groups is 2. The van der Waals surface area contributed by atoms with Gasteiger partial charge in [0.2, 0.25) is 0 Å². The van der Waals surface area contributed by atoms with E-state index in [2.05, 4.69) is 16.0 Å². The average molecular weight is 357 g/mol. The van der Waals surface area contributed by atoms with E-state index >= 15 is 0 Å². The van der Waals surface area contributed by atoms with E-state index in [4.69, 9.17) is 0 Å². The molecule has 0 spiro atoms. The number of carbonyl (C=O) groups excluding carboxylic acids is 2. The molecule has 0 atom stereocenters. The highest BCUT2D eigenvalue weighted by Crippen LogP contribution is 2.06. The van der Waals surface area contributed by atoms with Crippen molar-refractivity contribution in [3.8, 4) is 0 Å². The summed E-state index contributed by atoms with van der Waals surface area (Å²) in [5.74, 6) is -0.460. The lowest BCUT2D eigenvalue weighted by atomic mass is 10.1. The van der Waals surface area contributed by atoms with E-state index in [0.717, 1.165) is 11.1 Å². The highest BCUT2D eigenvalue weighted by atomic mass is 19.1. The average Bonchev–Trinajstić information content (AvgIpc) is 2.60. The molecule has 3 N–H and O–H groups in total. The molecule has 0 fully saturated rings. The van der Waals surface area contributed by atoms with E-state index in [1.54, 1.807) is 30.3 Å². The normalized spacial score (nSPS) is 10.5. The highest BCUT2D eigenvalue weighted by Gasteiger charge is 2.06. The van der Waals surface area contributed by atoms with E-state index in [0.29, 0.717) is 25.1 Å². The number of halogens is 1. The van der Waals surface area contributed by atoms with Crippen LogP contribution in [0.15, 0.2) is 48.5 Å². The Balaban J connectivity index is 1.78. The Labute approximate surface area is 153 Å². The minimum absolute atomic E-state index is 0.0773. The Bertz CT molecular complexity index is 745. The first-order chi connectivity index (χ1) is 12.4. The van der Waals surface area contributed by atoms with Gasteiger partial charge in [0.25, 0.3) is 5.91 Å². The molecular weight excluding hydrogens is 333 g/mol. The van der Waals surface area contributed by atoms with Crippen molar-refractivity contribution < 1.29 is 14.0 Å². The summed E-state index contributed by atoms with van der Waals surface area (Å²) in [6.45, 7) is 4.60. The molecule has 0 aromatic heterocycles. The molecule has 2 rings (SSSR count). The summed E-state index contributed by atoms with van der Waals surface area (Å²) in [6, 6.07) is 13.2. The number of benzene rings is 2. The zero-order valence-electron chi connectivity index (χ0n) is 15.0. The van der Waals surface area contributed by atoms with Gasteiger partial charge in [0.15, 0.2) is 0 Å². The van der Waals surface area contributed by atoms with Gasteiger partial charge in [-0.2, -0.15) is 0 Å². The van der Waals surface area contributed by atoms with Gasteiger partial charge in [0.05, 0.1) is 0 Å². The second-order valence-corrected chi connectivity index (χ2v) is 6.31. The van der Waals surface area contributed by atoms with Crippen LogP contribution in [0.25, 0.3) is 0 Å². The van der Waals surface area contributed by atoms with Gasteiger partial charge in [-0.1, -0.05) is 24.3 Å². The Morgan fingerprint density at radius 2 is 1.73 bits per heavy atom. The van der Waals surface area contributed by atoms with Crippen LogP contribution in [0.5, 0.6) is 0 Å². The molecule has 3 amide bonds. The SMILES string of the molecule is CC(C)NC(=O)NCc1ccc(C(=O)NCCc2cccc(F)c2)cc1. The van der Waals surface area contributed by atoms with Crippen LogP contribution in [-0.2, 0) is 13.0 Å². The van der Waals surface area contributed by atoms with E-state index in [1.165, 1.54) is 12.1 Å².